The van der Waals surface area contributed by atoms with Gasteiger partial charge in [0.2, 0.25) is 0 Å². The summed E-state index contributed by atoms with van der Waals surface area (Å²) in [6.45, 7) is 4.51. The molecule has 1 fully saturated rings. The van der Waals surface area contributed by atoms with E-state index in [0.717, 1.165) is 12.8 Å². The van der Waals surface area contributed by atoms with E-state index in [2.05, 4.69) is 123 Å². The van der Waals surface area contributed by atoms with Crippen molar-refractivity contribution in [2.24, 2.45) is 0 Å². The van der Waals surface area contributed by atoms with E-state index in [1.54, 1.807) is 0 Å². The van der Waals surface area contributed by atoms with Gasteiger partial charge in [0.25, 0.3) is 0 Å². The van der Waals surface area contributed by atoms with Crippen molar-refractivity contribution in [3.05, 3.63) is 146 Å². The molecule has 0 atom stereocenters. The average molecular weight is 699 g/mol. The van der Waals surface area contributed by atoms with Gasteiger partial charge >= 0.3 is 25.8 Å². The van der Waals surface area contributed by atoms with Gasteiger partial charge in [-0.15, -0.1) is 69.1 Å². The molecule has 0 aliphatic heterocycles. The van der Waals surface area contributed by atoms with E-state index in [-0.39, 0.29) is 46.1 Å². The summed E-state index contributed by atoms with van der Waals surface area (Å²) in [7, 11) is 0. The fraction of sp³-hybridized carbons (Fsp3) is 0.200. The second-order valence-corrected chi connectivity index (χ2v) is 11.1. The van der Waals surface area contributed by atoms with Crippen molar-refractivity contribution in [3.63, 3.8) is 0 Å². The van der Waals surface area contributed by atoms with Crippen LogP contribution in [0.3, 0.4) is 0 Å². The van der Waals surface area contributed by atoms with Gasteiger partial charge in [-0.3, -0.25) is 0 Å². The summed E-state index contributed by atoms with van der Waals surface area (Å²) in [5.41, 5.74) is 11.4. The topological polar surface area (TPSA) is 0 Å². The molecule has 1 aliphatic carbocycles. The van der Waals surface area contributed by atoms with Gasteiger partial charge < -0.3 is 14.9 Å². The third-order valence-electron chi connectivity index (χ3n) is 9.19. The smallest absolute Gasteiger partial charge is 0.358 e. The SMILES string of the molecule is CCc1ccccc1-c1cccc2[cH-]c(C3(c4cc5c(-c6ccccc6CC)cccc5[cH-]4)CCC3)cc12.[CH3-].[CH3-].[Hf+4]. The van der Waals surface area contributed by atoms with E-state index in [4.69, 9.17) is 0 Å². The van der Waals surface area contributed by atoms with Gasteiger partial charge in [-0.1, -0.05) is 92.1 Å². The molecule has 0 unspecified atom stereocenters. The Morgan fingerprint density at radius 2 is 0.976 bits per heavy atom. The molecule has 0 spiro atoms. The molecule has 0 heterocycles. The van der Waals surface area contributed by atoms with Crippen molar-refractivity contribution in [2.45, 2.75) is 51.4 Å². The van der Waals surface area contributed by atoms with Gasteiger partial charge in [0.1, 0.15) is 0 Å². The summed E-state index contributed by atoms with van der Waals surface area (Å²) >= 11 is 0. The van der Waals surface area contributed by atoms with E-state index in [0.29, 0.717) is 0 Å². The molecule has 0 nitrogen and oxygen atoms in total. The van der Waals surface area contributed by atoms with Crippen LogP contribution in [0.25, 0.3) is 43.8 Å². The summed E-state index contributed by atoms with van der Waals surface area (Å²) < 4.78 is 0. The van der Waals surface area contributed by atoms with Crippen LogP contribution < -0.4 is 0 Å². The molecule has 7 rings (SSSR count). The molecule has 0 amide bonds. The van der Waals surface area contributed by atoms with E-state index in [1.807, 2.05) is 0 Å². The summed E-state index contributed by atoms with van der Waals surface area (Å²) in [6.07, 6.45) is 5.84. The second kappa shape index (κ2) is 12.5. The quantitative estimate of drug-likeness (QED) is 0.120. The minimum absolute atomic E-state index is 0. The Hall–Kier alpha value is -3.03. The maximum atomic E-state index is 2.52. The van der Waals surface area contributed by atoms with Gasteiger partial charge in [-0.25, -0.2) is 0 Å². The molecule has 1 aliphatic rings. The maximum Gasteiger partial charge on any atom is 4.00 e. The van der Waals surface area contributed by atoms with Crippen LogP contribution in [0.15, 0.2) is 109 Å². The minimum atomic E-state index is 0. The number of aryl methyl sites for hydroxylation is 2. The molecule has 0 aromatic heterocycles. The third kappa shape index (κ3) is 5.01. The zero-order valence-corrected chi connectivity index (χ0v) is 28.5. The standard InChI is InChI=1S/C38H34.2CH3.Hf/c1-3-26-12-5-7-16-32(26)34-18-9-14-28-22-30(24-36(28)34)38(20-11-21-38)31-23-29-15-10-19-35(37(29)25-31)33-17-8-6-13-27(33)4-2;;;/h5-10,12-19,22-25H,3-4,11,20-21H2,1-2H3;2*1H3;/q-2;2*-1;+4. The first-order valence-electron chi connectivity index (χ1n) is 14.3. The first kappa shape index (κ1) is 30.9. The monoisotopic (exact) mass is 700 g/mol. The molecule has 0 bridgehead atoms. The summed E-state index contributed by atoms with van der Waals surface area (Å²) in [5, 5.41) is 5.51. The average Bonchev–Trinajstić information content (AvgIpc) is 3.57. The first-order valence-corrected chi connectivity index (χ1v) is 14.3. The van der Waals surface area contributed by atoms with Crippen LogP contribution in [0.4, 0.5) is 0 Å². The summed E-state index contributed by atoms with van der Waals surface area (Å²) in [5.74, 6) is 0. The van der Waals surface area contributed by atoms with Gasteiger partial charge in [-0.2, -0.15) is 12.1 Å². The predicted molar refractivity (Wildman–Crippen MR) is 176 cm³/mol. The molecular weight excluding hydrogens is 659 g/mol. The second-order valence-electron chi connectivity index (χ2n) is 11.1. The van der Waals surface area contributed by atoms with Gasteiger partial charge in [-0.05, 0) is 53.4 Å². The Bertz CT molecular complexity index is 1640. The Morgan fingerprint density at radius 1 is 0.561 bits per heavy atom. The van der Waals surface area contributed by atoms with Crippen molar-refractivity contribution in [1.82, 2.24) is 0 Å². The largest absolute Gasteiger partial charge is 4.00 e. The van der Waals surface area contributed by atoms with Gasteiger partial charge in [0, 0.05) is 0 Å². The summed E-state index contributed by atoms with van der Waals surface area (Å²) in [4.78, 5) is 0. The van der Waals surface area contributed by atoms with E-state index >= 15 is 0 Å². The third-order valence-corrected chi connectivity index (χ3v) is 9.19. The molecule has 204 valence electrons. The van der Waals surface area contributed by atoms with E-state index in [1.165, 1.54) is 85.3 Å². The molecule has 1 heteroatoms. The summed E-state index contributed by atoms with van der Waals surface area (Å²) in [6, 6.07) is 41.5. The molecule has 6 aromatic carbocycles. The van der Waals surface area contributed by atoms with Crippen molar-refractivity contribution in [2.75, 3.05) is 0 Å². The Balaban J connectivity index is 0.00000129. The molecule has 0 radical (unpaired) electrons. The molecule has 41 heavy (non-hydrogen) atoms. The Labute approximate surface area is 266 Å². The van der Waals surface area contributed by atoms with E-state index in [9.17, 15) is 0 Å². The minimum Gasteiger partial charge on any atom is -0.358 e. The Morgan fingerprint density at radius 3 is 1.37 bits per heavy atom. The fourth-order valence-corrected chi connectivity index (χ4v) is 6.95. The number of fused-ring (bicyclic) bond motifs is 2. The molecule has 6 aromatic rings. The Kier molecular flexibility index (Phi) is 9.39. The van der Waals surface area contributed by atoms with Crippen LogP contribution in [-0.2, 0) is 44.1 Å². The van der Waals surface area contributed by atoms with Crippen LogP contribution in [0.5, 0.6) is 0 Å². The van der Waals surface area contributed by atoms with Crippen LogP contribution in [-0.4, -0.2) is 0 Å². The molecule has 0 N–H and O–H groups in total. The van der Waals surface area contributed by atoms with Crippen LogP contribution in [0.2, 0.25) is 0 Å². The fourth-order valence-electron chi connectivity index (χ4n) is 6.95. The number of benzene rings is 4. The van der Waals surface area contributed by atoms with Crippen molar-refractivity contribution in [1.29, 1.82) is 0 Å². The number of hydrogen-bond donors (Lipinski definition) is 0. The number of rotatable bonds is 6. The predicted octanol–water partition coefficient (Wildman–Crippen LogP) is 11.3. The molecule has 1 saturated carbocycles. The van der Waals surface area contributed by atoms with Gasteiger partial charge in [0.15, 0.2) is 0 Å². The van der Waals surface area contributed by atoms with Crippen LogP contribution in [0.1, 0.15) is 55.4 Å². The van der Waals surface area contributed by atoms with Crippen molar-refractivity contribution >= 4 is 21.5 Å². The van der Waals surface area contributed by atoms with Gasteiger partial charge in [0.05, 0.1) is 0 Å². The van der Waals surface area contributed by atoms with Crippen molar-refractivity contribution < 1.29 is 25.8 Å². The normalized spacial score (nSPS) is 13.6. The zero-order valence-electron chi connectivity index (χ0n) is 24.9. The molecular formula is C40H40Hf. The zero-order chi connectivity index (χ0) is 25.7. The van der Waals surface area contributed by atoms with Crippen molar-refractivity contribution in [3.8, 4) is 22.3 Å². The number of hydrogen-bond acceptors (Lipinski definition) is 0. The van der Waals surface area contributed by atoms with Crippen LogP contribution >= 0.6 is 0 Å². The maximum absolute atomic E-state index is 2.52. The first-order chi connectivity index (χ1) is 18.7. The van der Waals surface area contributed by atoms with Crippen LogP contribution in [0, 0.1) is 14.9 Å². The molecule has 0 saturated heterocycles. The van der Waals surface area contributed by atoms with E-state index < -0.39 is 0 Å².